The van der Waals surface area contributed by atoms with Crippen molar-refractivity contribution in [2.24, 2.45) is 0 Å². The van der Waals surface area contributed by atoms with Gasteiger partial charge in [0, 0.05) is 25.7 Å². The zero-order valence-corrected chi connectivity index (χ0v) is 9.46. The normalized spacial score (nSPS) is 31.3. The van der Waals surface area contributed by atoms with E-state index in [0.717, 1.165) is 0 Å². The smallest absolute Gasteiger partial charge is 0.233 e. The van der Waals surface area contributed by atoms with Crippen LogP contribution in [0.5, 0.6) is 0 Å². The molecule has 1 amide bonds. The molecular weight excluding hydrogens is 190 g/mol. The predicted octanol–water partition coefficient (Wildman–Crippen LogP) is -0.0512. The van der Waals surface area contributed by atoms with E-state index in [1.165, 1.54) is 38.8 Å². The minimum atomic E-state index is 0.0873. The van der Waals surface area contributed by atoms with Crippen LogP contribution in [0.15, 0.2) is 0 Å². The molecule has 0 aromatic carbocycles. The Balaban J connectivity index is 1.80. The standard InChI is InChI=1S/C11H21N3O/c1-12-11(15)8-13-9-5-7-14-6-3-2-4-10(9)14/h9-10,13H,2-8H2,1H3,(H,12,15). The van der Waals surface area contributed by atoms with Crippen LogP contribution in [0.4, 0.5) is 0 Å². The summed E-state index contributed by atoms with van der Waals surface area (Å²) >= 11 is 0. The van der Waals surface area contributed by atoms with Crippen molar-refractivity contribution >= 4 is 5.91 Å². The van der Waals surface area contributed by atoms with E-state index >= 15 is 0 Å². The number of hydrogen-bond donors (Lipinski definition) is 2. The molecule has 4 nitrogen and oxygen atoms in total. The van der Waals surface area contributed by atoms with Crippen LogP contribution in [0.2, 0.25) is 0 Å². The largest absolute Gasteiger partial charge is 0.358 e. The first kappa shape index (κ1) is 10.9. The molecule has 2 aliphatic heterocycles. The number of likely N-dealkylation sites (N-methyl/N-ethyl adjacent to an activating group) is 1. The van der Waals surface area contributed by atoms with Gasteiger partial charge in [-0.05, 0) is 25.8 Å². The van der Waals surface area contributed by atoms with Crippen molar-refractivity contribution in [1.82, 2.24) is 15.5 Å². The molecule has 2 unspecified atom stereocenters. The van der Waals surface area contributed by atoms with Gasteiger partial charge in [0.05, 0.1) is 6.54 Å². The average Bonchev–Trinajstić information content (AvgIpc) is 2.69. The first-order valence-electron chi connectivity index (χ1n) is 5.99. The van der Waals surface area contributed by atoms with Gasteiger partial charge in [-0.3, -0.25) is 9.69 Å². The molecule has 2 fully saturated rings. The van der Waals surface area contributed by atoms with Gasteiger partial charge in [0.25, 0.3) is 0 Å². The number of nitrogens with zero attached hydrogens (tertiary/aromatic N) is 1. The maximum absolute atomic E-state index is 11.1. The van der Waals surface area contributed by atoms with Gasteiger partial charge in [-0.15, -0.1) is 0 Å². The van der Waals surface area contributed by atoms with Gasteiger partial charge in [0.15, 0.2) is 0 Å². The highest BCUT2D eigenvalue weighted by Crippen LogP contribution is 2.26. The second-order valence-corrected chi connectivity index (χ2v) is 4.55. The van der Waals surface area contributed by atoms with E-state index in [2.05, 4.69) is 15.5 Å². The summed E-state index contributed by atoms with van der Waals surface area (Å²) in [5.41, 5.74) is 0. The molecule has 0 aliphatic carbocycles. The third-order valence-electron chi connectivity index (χ3n) is 3.66. The lowest BCUT2D eigenvalue weighted by Gasteiger charge is -2.32. The van der Waals surface area contributed by atoms with Crippen LogP contribution >= 0.6 is 0 Å². The molecule has 2 saturated heterocycles. The van der Waals surface area contributed by atoms with Gasteiger partial charge in [-0.2, -0.15) is 0 Å². The van der Waals surface area contributed by atoms with Crippen molar-refractivity contribution in [3.63, 3.8) is 0 Å². The second kappa shape index (κ2) is 4.94. The SMILES string of the molecule is CNC(=O)CNC1CCN2CCCCC12. The Morgan fingerprint density at radius 2 is 2.20 bits per heavy atom. The minimum Gasteiger partial charge on any atom is -0.358 e. The van der Waals surface area contributed by atoms with Crippen LogP contribution in [0, 0.1) is 0 Å². The van der Waals surface area contributed by atoms with Gasteiger partial charge >= 0.3 is 0 Å². The number of amides is 1. The molecule has 0 aromatic heterocycles. The Morgan fingerprint density at radius 1 is 1.33 bits per heavy atom. The Labute approximate surface area is 91.4 Å². The summed E-state index contributed by atoms with van der Waals surface area (Å²) in [7, 11) is 1.69. The summed E-state index contributed by atoms with van der Waals surface area (Å²) in [6.07, 6.45) is 5.19. The molecule has 4 heteroatoms. The summed E-state index contributed by atoms with van der Waals surface area (Å²) < 4.78 is 0. The van der Waals surface area contributed by atoms with E-state index in [9.17, 15) is 4.79 Å². The van der Waals surface area contributed by atoms with Crippen LogP contribution in [-0.2, 0) is 4.79 Å². The van der Waals surface area contributed by atoms with Crippen LogP contribution < -0.4 is 10.6 Å². The van der Waals surface area contributed by atoms with E-state index in [0.29, 0.717) is 18.6 Å². The van der Waals surface area contributed by atoms with E-state index in [1.807, 2.05) is 0 Å². The summed E-state index contributed by atoms with van der Waals surface area (Å²) in [6, 6.07) is 1.21. The first-order valence-corrected chi connectivity index (χ1v) is 5.99. The number of piperidine rings is 1. The monoisotopic (exact) mass is 211 g/mol. The average molecular weight is 211 g/mol. The van der Waals surface area contributed by atoms with Crippen LogP contribution in [0.25, 0.3) is 0 Å². The molecular formula is C11H21N3O. The molecule has 2 N–H and O–H groups in total. The van der Waals surface area contributed by atoms with Crippen molar-refractivity contribution in [3.05, 3.63) is 0 Å². The van der Waals surface area contributed by atoms with Crippen molar-refractivity contribution < 1.29 is 4.79 Å². The van der Waals surface area contributed by atoms with E-state index < -0.39 is 0 Å². The summed E-state index contributed by atoms with van der Waals surface area (Å²) in [6.45, 7) is 2.92. The van der Waals surface area contributed by atoms with E-state index in [1.54, 1.807) is 7.05 Å². The number of rotatable bonds is 3. The summed E-state index contributed by atoms with van der Waals surface area (Å²) in [4.78, 5) is 13.7. The molecule has 0 radical (unpaired) electrons. The summed E-state index contributed by atoms with van der Waals surface area (Å²) in [5, 5.41) is 6.02. The lowest BCUT2D eigenvalue weighted by molar-refractivity contribution is -0.119. The zero-order chi connectivity index (χ0) is 10.7. The Morgan fingerprint density at radius 3 is 3.00 bits per heavy atom. The predicted molar refractivity (Wildman–Crippen MR) is 59.7 cm³/mol. The van der Waals surface area contributed by atoms with Crippen molar-refractivity contribution in [3.8, 4) is 0 Å². The lowest BCUT2D eigenvalue weighted by atomic mass is 9.99. The number of carbonyl (C=O) groups is 1. The van der Waals surface area contributed by atoms with Gasteiger partial charge < -0.3 is 10.6 Å². The molecule has 2 rings (SSSR count). The Kier molecular flexibility index (Phi) is 3.59. The van der Waals surface area contributed by atoms with Crippen LogP contribution in [-0.4, -0.2) is 49.6 Å². The minimum absolute atomic E-state index is 0.0873. The quantitative estimate of drug-likeness (QED) is 0.688. The maximum Gasteiger partial charge on any atom is 0.233 e. The highest BCUT2D eigenvalue weighted by atomic mass is 16.1. The van der Waals surface area contributed by atoms with Crippen molar-refractivity contribution in [2.75, 3.05) is 26.7 Å². The fourth-order valence-corrected chi connectivity index (χ4v) is 2.80. The molecule has 0 saturated carbocycles. The van der Waals surface area contributed by atoms with Gasteiger partial charge in [-0.1, -0.05) is 6.42 Å². The van der Waals surface area contributed by atoms with Crippen molar-refractivity contribution in [1.29, 1.82) is 0 Å². The summed E-state index contributed by atoms with van der Waals surface area (Å²) in [5.74, 6) is 0.0873. The number of nitrogens with one attached hydrogen (secondary N) is 2. The van der Waals surface area contributed by atoms with Gasteiger partial charge in [0.1, 0.15) is 0 Å². The highest BCUT2D eigenvalue weighted by Gasteiger charge is 2.35. The molecule has 0 spiro atoms. The number of fused-ring (bicyclic) bond motifs is 1. The molecule has 2 atom stereocenters. The topological polar surface area (TPSA) is 44.4 Å². The van der Waals surface area contributed by atoms with E-state index in [4.69, 9.17) is 0 Å². The Bertz CT molecular complexity index is 232. The van der Waals surface area contributed by atoms with Gasteiger partial charge in [-0.25, -0.2) is 0 Å². The Hall–Kier alpha value is -0.610. The maximum atomic E-state index is 11.1. The van der Waals surface area contributed by atoms with E-state index in [-0.39, 0.29) is 5.91 Å². The van der Waals surface area contributed by atoms with Gasteiger partial charge in [0.2, 0.25) is 5.91 Å². The second-order valence-electron chi connectivity index (χ2n) is 4.55. The molecule has 15 heavy (non-hydrogen) atoms. The fourth-order valence-electron chi connectivity index (χ4n) is 2.80. The van der Waals surface area contributed by atoms with Crippen LogP contribution in [0.3, 0.4) is 0 Å². The molecule has 2 aliphatic rings. The number of carbonyl (C=O) groups excluding carboxylic acids is 1. The molecule has 2 heterocycles. The number of hydrogen-bond acceptors (Lipinski definition) is 3. The molecule has 0 aromatic rings. The third kappa shape index (κ3) is 2.49. The van der Waals surface area contributed by atoms with Crippen LogP contribution in [0.1, 0.15) is 25.7 Å². The first-order chi connectivity index (χ1) is 7.31. The molecule has 0 bridgehead atoms. The highest BCUT2D eigenvalue weighted by molar-refractivity contribution is 5.77. The zero-order valence-electron chi connectivity index (χ0n) is 9.46. The fraction of sp³-hybridized carbons (Fsp3) is 0.909. The van der Waals surface area contributed by atoms with Crippen molar-refractivity contribution in [2.45, 2.75) is 37.8 Å². The lowest BCUT2D eigenvalue weighted by Crippen LogP contribution is -2.47. The third-order valence-corrected chi connectivity index (χ3v) is 3.66. The molecule has 86 valence electrons.